The fourth-order valence-corrected chi connectivity index (χ4v) is 2.20. The Hall–Kier alpha value is -1.95. The highest BCUT2D eigenvalue weighted by molar-refractivity contribution is 7.13. The Morgan fingerprint density at radius 1 is 1.59 bits per heavy atom. The quantitative estimate of drug-likeness (QED) is 0.899. The molecule has 0 aliphatic carbocycles. The number of rotatable bonds is 3. The minimum absolute atomic E-state index is 0.0499. The van der Waals surface area contributed by atoms with Crippen molar-refractivity contribution in [2.45, 2.75) is 13.5 Å². The molecule has 0 aliphatic heterocycles. The van der Waals surface area contributed by atoms with Crippen molar-refractivity contribution in [1.82, 2.24) is 9.55 Å². The number of thiophene rings is 1. The fraction of sp³-hybridized carbons (Fsp3) is 0.182. The van der Waals surface area contributed by atoms with Crippen molar-refractivity contribution in [3.8, 4) is 10.6 Å². The summed E-state index contributed by atoms with van der Waals surface area (Å²) in [7, 11) is 0. The summed E-state index contributed by atoms with van der Waals surface area (Å²) in [5, 5.41) is 10.9. The van der Waals surface area contributed by atoms with Gasteiger partial charge in [0.25, 0.3) is 0 Å². The SMILES string of the molecule is CCn1cc(C(=O)O)c(-c2cccs2)nc1=O. The zero-order chi connectivity index (χ0) is 12.4. The van der Waals surface area contributed by atoms with Gasteiger partial charge >= 0.3 is 11.7 Å². The van der Waals surface area contributed by atoms with Crippen molar-refractivity contribution < 1.29 is 9.90 Å². The topological polar surface area (TPSA) is 72.2 Å². The van der Waals surface area contributed by atoms with E-state index < -0.39 is 11.7 Å². The van der Waals surface area contributed by atoms with Crippen LogP contribution in [-0.4, -0.2) is 20.6 Å². The number of carbonyl (C=O) groups is 1. The van der Waals surface area contributed by atoms with Gasteiger partial charge in [-0.1, -0.05) is 6.07 Å². The molecule has 2 rings (SSSR count). The van der Waals surface area contributed by atoms with E-state index in [4.69, 9.17) is 5.11 Å². The first kappa shape index (κ1) is 11.5. The van der Waals surface area contributed by atoms with Gasteiger partial charge in [0.2, 0.25) is 0 Å². The summed E-state index contributed by atoms with van der Waals surface area (Å²) in [5.74, 6) is -1.08. The number of aromatic carboxylic acids is 1. The molecule has 0 saturated carbocycles. The van der Waals surface area contributed by atoms with Crippen LogP contribution in [0.2, 0.25) is 0 Å². The van der Waals surface area contributed by atoms with E-state index in [0.717, 1.165) is 0 Å². The van der Waals surface area contributed by atoms with Crippen molar-refractivity contribution in [3.05, 3.63) is 39.8 Å². The summed E-state index contributed by atoms with van der Waals surface area (Å²) in [6, 6.07) is 3.54. The summed E-state index contributed by atoms with van der Waals surface area (Å²) in [6.45, 7) is 2.16. The molecule has 88 valence electrons. The zero-order valence-electron chi connectivity index (χ0n) is 9.08. The maximum Gasteiger partial charge on any atom is 0.348 e. The molecule has 0 radical (unpaired) electrons. The number of aryl methyl sites for hydroxylation is 1. The van der Waals surface area contributed by atoms with E-state index in [1.807, 2.05) is 5.38 Å². The largest absolute Gasteiger partial charge is 0.478 e. The first-order valence-electron chi connectivity index (χ1n) is 5.02. The van der Waals surface area contributed by atoms with Gasteiger partial charge in [0.05, 0.1) is 4.88 Å². The predicted octanol–water partition coefficient (Wildman–Crippen LogP) is 1.69. The molecular weight excluding hydrogens is 240 g/mol. The molecule has 0 aromatic carbocycles. The van der Waals surface area contributed by atoms with E-state index in [1.54, 1.807) is 19.1 Å². The molecule has 0 unspecified atom stereocenters. The molecule has 0 amide bonds. The molecule has 0 aliphatic rings. The lowest BCUT2D eigenvalue weighted by Gasteiger charge is -2.06. The Bertz CT molecular complexity index is 602. The van der Waals surface area contributed by atoms with E-state index in [9.17, 15) is 9.59 Å². The van der Waals surface area contributed by atoms with Gasteiger partial charge < -0.3 is 5.11 Å². The summed E-state index contributed by atoms with van der Waals surface area (Å²) >= 11 is 1.36. The molecule has 1 N–H and O–H groups in total. The van der Waals surface area contributed by atoms with Gasteiger partial charge in [-0.3, -0.25) is 4.57 Å². The lowest BCUT2D eigenvalue weighted by atomic mass is 10.2. The van der Waals surface area contributed by atoms with Crippen LogP contribution in [0.25, 0.3) is 10.6 Å². The summed E-state index contributed by atoms with van der Waals surface area (Å²) in [5.41, 5.74) is -0.142. The molecule has 0 atom stereocenters. The van der Waals surface area contributed by atoms with E-state index in [2.05, 4.69) is 4.98 Å². The van der Waals surface area contributed by atoms with Crippen LogP contribution in [-0.2, 0) is 6.54 Å². The first-order chi connectivity index (χ1) is 8.13. The third-order valence-electron chi connectivity index (χ3n) is 2.32. The standard InChI is InChI=1S/C11H10N2O3S/c1-2-13-6-7(10(14)15)9(12-11(13)16)8-4-3-5-17-8/h3-6H,2H2,1H3,(H,14,15). The van der Waals surface area contributed by atoms with Crippen molar-refractivity contribution >= 4 is 17.3 Å². The lowest BCUT2D eigenvalue weighted by molar-refractivity contribution is 0.0696. The molecule has 0 saturated heterocycles. The van der Waals surface area contributed by atoms with Crippen LogP contribution in [0.5, 0.6) is 0 Å². The molecule has 0 fully saturated rings. The Morgan fingerprint density at radius 3 is 2.88 bits per heavy atom. The number of carboxylic acids is 1. The molecule has 6 heteroatoms. The molecule has 2 heterocycles. The zero-order valence-corrected chi connectivity index (χ0v) is 9.90. The smallest absolute Gasteiger partial charge is 0.348 e. The van der Waals surface area contributed by atoms with Crippen LogP contribution in [0.15, 0.2) is 28.5 Å². The molecule has 0 spiro atoms. The Morgan fingerprint density at radius 2 is 2.35 bits per heavy atom. The van der Waals surface area contributed by atoms with Crippen LogP contribution < -0.4 is 5.69 Å². The predicted molar refractivity (Wildman–Crippen MR) is 64.4 cm³/mol. The fourth-order valence-electron chi connectivity index (χ4n) is 1.48. The third kappa shape index (κ3) is 2.12. The highest BCUT2D eigenvalue weighted by Gasteiger charge is 2.16. The lowest BCUT2D eigenvalue weighted by Crippen LogP contribution is -2.24. The Balaban J connectivity index is 2.70. The number of aromatic nitrogens is 2. The van der Waals surface area contributed by atoms with Crippen molar-refractivity contribution in [2.24, 2.45) is 0 Å². The number of nitrogens with zero attached hydrogens (tertiary/aromatic N) is 2. The van der Waals surface area contributed by atoms with Gasteiger partial charge in [-0.15, -0.1) is 11.3 Å². The van der Waals surface area contributed by atoms with E-state index >= 15 is 0 Å². The molecular formula is C11H10N2O3S. The Kier molecular flexibility index (Phi) is 3.06. The second-order valence-corrected chi connectivity index (χ2v) is 4.30. The van der Waals surface area contributed by atoms with Crippen LogP contribution in [0.3, 0.4) is 0 Å². The second kappa shape index (κ2) is 4.50. The van der Waals surface area contributed by atoms with Gasteiger partial charge in [-0.25, -0.2) is 9.59 Å². The molecule has 2 aromatic rings. The monoisotopic (exact) mass is 250 g/mol. The summed E-state index contributed by atoms with van der Waals surface area (Å²) in [6.07, 6.45) is 1.34. The number of carboxylic acid groups (broad SMARTS) is 1. The van der Waals surface area contributed by atoms with Gasteiger partial charge in [0.15, 0.2) is 0 Å². The van der Waals surface area contributed by atoms with Gasteiger partial charge in [0.1, 0.15) is 11.3 Å². The van der Waals surface area contributed by atoms with Crippen molar-refractivity contribution in [1.29, 1.82) is 0 Å². The normalized spacial score (nSPS) is 10.4. The third-order valence-corrected chi connectivity index (χ3v) is 3.20. The maximum atomic E-state index is 11.6. The molecule has 2 aromatic heterocycles. The maximum absolute atomic E-state index is 11.6. The van der Waals surface area contributed by atoms with E-state index in [-0.39, 0.29) is 11.3 Å². The summed E-state index contributed by atoms with van der Waals surface area (Å²) < 4.78 is 1.28. The van der Waals surface area contributed by atoms with Crippen LogP contribution in [0, 0.1) is 0 Å². The van der Waals surface area contributed by atoms with Gasteiger partial charge in [0, 0.05) is 12.7 Å². The average molecular weight is 250 g/mol. The second-order valence-electron chi connectivity index (χ2n) is 3.35. The van der Waals surface area contributed by atoms with E-state index in [1.165, 1.54) is 22.1 Å². The van der Waals surface area contributed by atoms with Crippen molar-refractivity contribution in [2.75, 3.05) is 0 Å². The van der Waals surface area contributed by atoms with Gasteiger partial charge in [-0.2, -0.15) is 4.98 Å². The highest BCUT2D eigenvalue weighted by Crippen LogP contribution is 2.24. The highest BCUT2D eigenvalue weighted by atomic mass is 32.1. The first-order valence-corrected chi connectivity index (χ1v) is 5.90. The van der Waals surface area contributed by atoms with Gasteiger partial charge in [-0.05, 0) is 18.4 Å². The van der Waals surface area contributed by atoms with Crippen LogP contribution in [0.1, 0.15) is 17.3 Å². The molecule has 0 bridgehead atoms. The van der Waals surface area contributed by atoms with E-state index in [0.29, 0.717) is 11.4 Å². The van der Waals surface area contributed by atoms with Crippen LogP contribution in [0.4, 0.5) is 0 Å². The van der Waals surface area contributed by atoms with Crippen molar-refractivity contribution in [3.63, 3.8) is 0 Å². The minimum Gasteiger partial charge on any atom is -0.478 e. The number of hydrogen-bond donors (Lipinski definition) is 1. The van der Waals surface area contributed by atoms with Crippen LogP contribution >= 0.6 is 11.3 Å². The summed E-state index contributed by atoms with van der Waals surface area (Å²) in [4.78, 5) is 27.3. The molecule has 17 heavy (non-hydrogen) atoms. The molecule has 5 nitrogen and oxygen atoms in total. The Labute approximate surface area is 101 Å². The number of hydrogen-bond acceptors (Lipinski definition) is 4. The minimum atomic E-state index is -1.08. The average Bonchev–Trinajstić information content (AvgIpc) is 2.81.